The summed E-state index contributed by atoms with van der Waals surface area (Å²) in [5.41, 5.74) is 1.50. The molecule has 24 heavy (non-hydrogen) atoms. The van der Waals surface area contributed by atoms with E-state index < -0.39 is 0 Å². The minimum Gasteiger partial charge on any atom is -0.297 e. The maximum Gasteiger partial charge on any atom is 0.272 e. The van der Waals surface area contributed by atoms with Crippen LogP contribution in [0.25, 0.3) is 5.65 Å². The van der Waals surface area contributed by atoms with Crippen LogP contribution in [-0.4, -0.2) is 38.3 Å². The number of aromatic nitrogens is 3. The highest BCUT2D eigenvalue weighted by Gasteiger charge is 2.23. The monoisotopic (exact) mass is 340 g/mol. The molecule has 3 aromatic rings. The smallest absolute Gasteiger partial charge is 0.272 e. The van der Waals surface area contributed by atoms with Crippen molar-refractivity contribution in [1.29, 1.82) is 0 Å². The Kier molecular flexibility index (Phi) is 4.40. The van der Waals surface area contributed by atoms with Gasteiger partial charge in [0.25, 0.3) is 5.56 Å². The second-order valence-corrected chi connectivity index (χ2v) is 7.35. The van der Waals surface area contributed by atoms with Gasteiger partial charge in [-0.2, -0.15) is 0 Å². The molecule has 0 radical (unpaired) electrons. The summed E-state index contributed by atoms with van der Waals surface area (Å²) >= 11 is 1.93. The van der Waals surface area contributed by atoms with Crippen molar-refractivity contribution in [3.8, 4) is 0 Å². The summed E-state index contributed by atoms with van der Waals surface area (Å²) in [4.78, 5) is 20.3. The third-order valence-corrected chi connectivity index (χ3v) is 5.66. The number of rotatable bonds is 5. The molecule has 4 rings (SSSR count). The summed E-state index contributed by atoms with van der Waals surface area (Å²) in [6.07, 6.45) is 2.95. The molecule has 1 aromatic carbocycles. The van der Waals surface area contributed by atoms with Gasteiger partial charge < -0.3 is 0 Å². The van der Waals surface area contributed by atoms with Gasteiger partial charge in [-0.3, -0.25) is 14.8 Å². The highest BCUT2D eigenvalue weighted by molar-refractivity contribution is 7.99. The van der Waals surface area contributed by atoms with Crippen LogP contribution in [0.4, 0.5) is 0 Å². The predicted octanol–water partition coefficient (Wildman–Crippen LogP) is 2.64. The Morgan fingerprint density at radius 2 is 2.12 bits per heavy atom. The van der Waals surface area contributed by atoms with Crippen molar-refractivity contribution in [2.75, 3.05) is 18.8 Å². The highest BCUT2D eigenvalue weighted by atomic mass is 32.2. The molecule has 1 aliphatic rings. The van der Waals surface area contributed by atoms with Gasteiger partial charge >= 0.3 is 0 Å². The maximum absolute atomic E-state index is 12.0. The molecule has 5 nitrogen and oxygen atoms in total. The first-order valence-electron chi connectivity index (χ1n) is 8.24. The van der Waals surface area contributed by atoms with Gasteiger partial charge in [-0.1, -0.05) is 18.2 Å². The van der Waals surface area contributed by atoms with E-state index in [9.17, 15) is 4.79 Å². The number of hydrogen-bond donors (Lipinski definition) is 1. The van der Waals surface area contributed by atoms with Gasteiger partial charge in [-0.25, -0.2) is 9.50 Å². The van der Waals surface area contributed by atoms with Crippen molar-refractivity contribution in [1.82, 2.24) is 19.5 Å². The van der Waals surface area contributed by atoms with Gasteiger partial charge in [-0.15, -0.1) is 11.8 Å². The van der Waals surface area contributed by atoms with Crippen molar-refractivity contribution >= 4 is 17.4 Å². The quantitative estimate of drug-likeness (QED) is 0.726. The lowest BCUT2D eigenvalue weighted by molar-refractivity contribution is 0.317. The van der Waals surface area contributed by atoms with Crippen LogP contribution in [0.1, 0.15) is 12.1 Å². The largest absolute Gasteiger partial charge is 0.297 e. The highest BCUT2D eigenvalue weighted by Crippen LogP contribution is 2.26. The van der Waals surface area contributed by atoms with Gasteiger partial charge in [-0.05, 0) is 31.0 Å². The second kappa shape index (κ2) is 6.83. The number of thioether (sulfide) groups is 1. The second-order valence-electron chi connectivity index (χ2n) is 6.26. The fourth-order valence-corrected chi connectivity index (χ4v) is 4.26. The van der Waals surface area contributed by atoms with E-state index >= 15 is 0 Å². The molecule has 3 heterocycles. The maximum atomic E-state index is 12.0. The van der Waals surface area contributed by atoms with Gasteiger partial charge in [0.1, 0.15) is 0 Å². The summed E-state index contributed by atoms with van der Waals surface area (Å²) < 4.78 is 1.47. The van der Waals surface area contributed by atoms with E-state index in [1.165, 1.54) is 15.8 Å². The molecule has 1 N–H and O–H groups in total. The number of hydrogen-bond acceptors (Lipinski definition) is 4. The number of aromatic amines is 1. The van der Waals surface area contributed by atoms with E-state index in [1.807, 2.05) is 17.8 Å². The Morgan fingerprint density at radius 3 is 3.00 bits per heavy atom. The minimum atomic E-state index is -0.0459. The first-order valence-corrected chi connectivity index (χ1v) is 9.23. The molecule has 1 fully saturated rings. The summed E-state index contributed by atoms with van der Waals surface area (Å²) in [6.45, 7) is 2.91. The Morgan fingerprint density at radius 1 is 1.25 bits per heavy atom. The zero-order chi connectivity index (χ0) is 16.4. The van der Waals surface area contributed by atoms with Crippen LogP contribution in [0.15, 0.2) is 58.4 Å². The van der Waals surface area contributed by atoms with Crippen LogP contribution in [0.3, 0.4) is 0 Å². The lowest BCUT2D eigenvalue weighted by Crippen LogP contribution is -2.23. The molecule has 2 aromatic heterocycles. The zero-order valence-electron chi connectivity index (χ0n) is 13.4. The summed E-state index contributed by atoms with van der Waals surface area (Å²) in [5, 5.41) is 2.87. The Labute approximate surface area is 144 Å². The van der Waals surface area contributed by atoms with E-state index in [4.69, 9.17) is 0 Å². The molecule has 0 spiro atoms. The topological polar surface area (TPSA) is 53.4 Å². The molecule has 1 atom stereocenters. The molecule has 0 bridgehead atoms. The zero-order valence-corrected chi connectivity index (χ0v) is 14.2. The number of benzene rings is 1. The standard InChI is InChI=1S/C18H20N4OS/c23-18-10-15(20-17-6-8-19-22(17)18)12-21-9-7-14(11-21)13-24-16-4-2-1-3-5-16/h1-6,8,10,14,19H,7,9,11-13H2. The van der Waals surface area contributed by atoms with E-state index in [1.54, 1.807) is 12.3 Å². The van der Waals surface area contributed by atoms with Gasteiger partial charge in [0.2, 0.25) is 0 Å². The third kappa shape index (κ3) is 3.39. The van der Waals surface area contributed by atoms with Crippen LogP contribution in [-0.2, 0) is 6.54 Å². The van der Waals surface area contributed by atoms with Crippen LogP contribution in [0, 0.1) is 5.92 Å². The van der Waals surface area contributed by atoms with Crippen molar-refractivity contribution in [3.63, 3.8) is 0 Å². The van der Waals surface area contributed by atoms with E-state index in [2.05, 4.69) is 45.3 Å². The van der Waals surface area contributed by atoms with Crippen LogP contribution >= 0.6 is 11.8 Å². The molecule has 1 saturated heterocycles. The lowest BCUT2D eigenvalue weighted by Gasteiger charge is -2.15. The fraction of sp³-hybridized carbons (Fsp3) is 0.333. The summed E-state index contributed by atoms with van der Waals surface area (Å²) in [7, 11) is 0. The van der Waals surface area contributed by atoms with Crippen LogP contribution < -0.4 is 5.56 Å². The predicted molar refractivity (Wildman–Crippen MR) is 96.4 cm³/mol. The number of nitrogens with one attached hydrogen (secondary N) is 1. The van der Waals surface area contributed by atoms with Crippen molar-refractivity contribution < 1.29 is 0 Å². The Bertz CT molecular complexity index is 873. The summed E-state index contributed by atoms with van der Waals surface area (Å²) in [6, 6.07) is 14.0. The fourth-order valence-electron chi connectivity index (χ4n) is 3.21. The van der Waals surface area contributed by atoms with E-state index in [-0.39, 0.29) is 5.56 Å². The molecule has 1 unspecified atom stereocenters. The molecule has 0 amide bonds. The third-order valence-electron chi connectivity index (χ3n) is 4.42. The first kappa shape index (κ1) is 15.5. The number of fused-ring (bicyclic) bond motifs is 1. The normalized spacial score (nSPS) is 18.4. The van der Waals surface area contributed by atoms with Gasteiger partial charge in [0.15, 0.2) is 5.65 Å². The molecular formula is C18H20N4OS. The SMILES string of the molecule is O=c1cc(CN2CCC(CSc3ccccc3)C2)nc2cc[nH]n12. The average molecular weight is 340 g/mol. The minimum absolute atomic E-state index is 0.0459. The Hall–Kier alpha value is -2.05. The van der Waals surface area contributed by atoms with E-state index in [0.717, 1.165) is 31.1 Å². The van der Waals surface area contributed by atoms with Gasteiger partial charge in [0.05, 0.1) is 5.69 Å². The van der Waals surface area contributed by atoms with Crippen molar-refractivity contribution in [2.24, 2.45) is 5.92 Å². The number of likely N-dealkylation sites (tertiary alicyclic amines) is 1. The molecular weight excluding hydrogens is 320 g/mol. The van der Waals surface area contributed by atoms with Crippen LogP contribution in [0.2, 0.25) is 0 Å². The summed E-state index contributed by atoms with van der Waals surface area (Å²) in [5.74, 6) is 1.85. The number of nitrogens with zero attached hydrogens (tertiary/aromatic N) is 3. The van der Waals surface area contributed by atoms with E-state index in [0.29, 0.717) is 11.6 Å². The van der Waals surface area contributed by atoms with Crippen molar-refractivity contribution in [2.45, 2.75) is 17.9 Å². The molecule has 0 saturated carbocycles. The number of H-pyrrole nitrogens is 1. The molecule has 124 valence electrons. The average Bonchev–Trinajstić information content (AvgIpc) is 3.23. The van der Waals surface area contributed by atoms with Crippen LogP contribution in [0.5, 0.6) is 0 Å². The Balaban J connectivity index is 1.35. The lowest BCUT2D eigenvalue weighted by atomic mass is 10.2. The molecule has 6 heteroatoms. The first-order chi connectivity index (χ1) is 11.8. The molecule has 0 aliphatic carbocycles. The van der Waals surface area contributed by atoms with Gasteiger partial charge in [0, 0.05) is 42.1 Å². The molecule has 1 aliphatic heterocycles. The van der Waals surface area contributed by atoms with Crippen molar-refractivity contribution in [3.05, 3.63) is 64.7 Å².